The molecule has 10 nitrogen and oxygen atoms in total. The van der Waals surface area contributed by atoms with Gasteiger partial charge in [-0.2, -0.15) is 0 Å². The van der Waals surface area contributed by atoms with Crippen molar-refractivity contribution >= 4 is 28.8 Å². The average molecular weight is 411 g/mol. The number of nitro benzene ring substituents is 2. The fourth-order valence-corrected chi connectivity index (χ4v) is 4.59. The van der Waals surface area contributed by atoms with Crippen molar-refractivity contribution in [1.82, 2.24) is 0 Å². The van der Waals surface area contributed by atoms with Crippen molar-refractivity contribution in [2.45, 2.75) is 19.8 Å². The summed E-state index contributed by atoms with van der Waals surface area (Å²) in [5.74, 6) is -1.25. The summed E-state index contributed by atoms with van der Waals surface area (Å²) in [5.41, 5.74) is -0.717. The molecule has 0 aliphatic heterocycles. The number of Topliss-reactive ketones (excluding diaryl/α,β-unsaturated/α-hetero) is 1. The molecule has 5 rings (SSSR count). The molecule has 0 N–H and O–H groups in total. The van der Waals surface area contributed by atoms with E-state index in [9.17, 15) is 29.8 Å². The van der Waals surface area contributed by atoms with E-state index in [0.717, 1.165) is 25.0 Å². The topological polar surface area (TPSA) is 142 Å². The molecule has 1 aromatic carbocycles. The number of benzene rings is 1. The van der Waals surface area contributed by atoms with Crippen LogP contribution >= 0.6 is 0 Å². The number of hydrogen-bond acceptors (Lipinski definition) is 8. The molecule has 4 aliphatic carbocycles. The van der Waals surface area contributed by atoms with Crippen LogP contribution in [0.25, 0.3) is 0 Å². The van der Waals surface area contributed by atoms with Crippen molar-refractivity contribution in [3.8, 4) is 0 Å². The Bertz CT molecular complexity index is 1070. The van der Waals surface area contributed by atoms with Gasteiger partial charge in [0, 0.05) is 17.9 Å². The Morgan fingerprint density at radius 1 is 1.10 bits per heavy atom. The van der Waals surface area contributed by atoms with Gasteiger partial charge in [-0.05, 0) is 49.3 Å². The van der Waals surface area contributed by atoms with E-state index in [0.29, 0.717) is 17.4 Å². The summed E-state index contributed by atoms with van der Waals surface area (Å²) in [7, 11) is 0. The molecule has 0 radical (unpaired) electrons. The van der Waals surface area contributed by atoms with E-state index in [1.807, 2.05) is 0 Å². The van der Waals surface area contributed by atoms with Crippen molar-refractivity contribution in [3.63, 3.8) is 0 Å². The zero-order chi connectivity index (χ0) is 21.6. The fraction of sp³-hybridized carbons (Fsp3) is 0.350. The van der Waals surface area contributed by atoms with Gasteiger partial charge in [0.2, 0.25) is 0 Å². The van der Waals surface area contributed by atoms with E-state index in [-0.39, 0.29) is 29.5 Å². The summed E-state index contributed by atoms with van der Waals surface area (Å²) in [4.78, 5) is 50.5. The number of carbonyl (C=O) groups is 2. The number of carbonyl (C=O) groups excluding carboxylic acids is 2. The third kappa shape index (κ3) is 3.19. The second-order valence-corrected chi connectivity index (χ2v) is 7.64. The molecule has 0 unspecified atom stereocenters. The lowest BCUT2D eigenvalue weighted by molar-refractivity contribution is -0.394. The minimum atomic E-state index is -1.10. The Morgan fingerprint density at radius 3 is 2.37 bits per heavy atom. The molecule has 0 saturated heterocycles. The molecular weight excluding hydrogens is 394 g/mol. The second kappa shape index (κ2) is 7.29. The first kappa shape index (κ1) is 19.6. The number of allylic oxidation sites excluding steroid dienone is 4. The van der Waals surface area contributed by atoms with Crippen molar-refractivity contribution in [3.05, 3.63) is 67.8 Å². The lowest BCUT2D eigenvalue weighted by Crippen LogP contribution is -2.47. The Balaban J connectivity index is 1.64. The van der Waals surface area contributed by atoms with Gasteiger partial charge in [-0.25, -0.2) is 4.79 Å². The van der Waals surface area contributed by atoms with Gasteiger partial charge >= 0.3 is 5.97 Å². The highest BCUT2D eigenvalue weighted by atomic mass is 16.7. The Labute approximate surface area is 170 Å². The SMILES string of the molecule is CC1=C/C(=N/OC(=O)c2ccc([N+](=O)[O-])cc2[N+](=O)[O-])[C@H]2[C@@H](C1=O)[C@H]1C=C[C@H]2CC1. The molecule has 2 bridgehead atoms. The third-order valence-corrected chi connectivity index (χ3v) is 5.99. The maximum atomic E-state index is 12.7. The minimum Gasteiger partial charge on any atom is -0.312 e. The van der Waals surface area contributed by atoms with Gasteiger partial charge in [0.25, 0.3) is 11.4 Å². The van der Waals surface area contributed by atoms with Gasteiger partial charge in [-0.15, -0.1) is 0 Å². The van der Waals surface area contributed by atoms with Crippen LogP contribution < -0.4 is 0 Å². The van der Waals surface area contributed by atoms with Crippen LogP contribution in [0, 0.1) is 43.9 Å². The minimum absolute atomic E-state index is 0.0651. The standard InChI is InChI=1S/C20H17N3O7/c1-10-8-15(17-11-2-4-12(5-3-11)18(17)19(10)24)21-30-20(25)14-7-6-13(22(26)27)9-16(14)23(28)29/h2,4,6-9,11-12,17-18H,3,5H2,1H3/b21-15-/t11-,12-,17-,18-/m0/s1. The third-order valence-electron chi connectivity index (χ3n) is 5.99. The van der Waals surface area contributed by atoms with E-state index in [2.05, 4.69) is 17.3 Å². The highest BCUT2D eigenvalue weighted by molar-refractivity contribution is 6.13. The summed E-state index contributed by atoms with van der Waals surface area (Å²) in [6.45, 7) is 1.68. The van der Waals surface area contributed by atoms with Crippen molar-refractivity contribution in [2.24, 2.45) is 28.8 Å². The summed E-state index contributed by atoms with van der Waals surface area (Å²) in [6.07, 6.45) is 7.55. The molecule has 1 aromatic rings. The quantitative estimate of drug-likeness (QED) is 0.320. The van der Waals surface area contributed by atoms with Gasteiger partial charge in [0.1, 0.15) is 5.56 Å². The molecule has 30 heavy (non-hydrogen) atoms. The molecule has 154 valence electrons. The molecule has 0 heterocycles. The lowest BCUT2D eigenvalue weighted by atomic mass is 9.57. The molecule has 4 aliphatic rings. The zero-order valence-corrected chi connectivity index (χ0v) is 15.9. The van der Waals surface area contributed by atoms with E-state index >= 15 is 0 Å². The van der Waals surface area contributed by atoms with Crippen LogP contribution in [0.2, 0.25) is 0 Å². The Kier molecular flexibility index (Phi) is 4.76. The molecule has 0 aromatic heterocycles. The second-order valence-electron chi connectivity index (χ2n) is 7.64. The van der Waals surface area contributed by atoms with Crippen LogP contribution in [0.3, 0.4) is 0 Å². The van der Waals surface area contributed by atoms with Crippen LogP contribution in [-0.4, -0.2) is 27.3 Å². The normalized spacial score (nSPS) is 28.1. The molecule has 0 spiro atoms. The van der Waals surface area contributed by atoms with E-state index in [1.54, 1.807) is 13.0 Å². The monoisotopic (exact) mass is 411 g/mol. The number of nitrogens with zero attached hydrogens (tertiary/aromatic N) is 3. The Hall–Kier alpha value is -3.69. The number of hydrogen-bond donors (Lipinski definition) is 0. The zero-order valence-electron chi connectivity index (χ0n) is 15.9. The van der Waals surface area contributed by atoms with E-state index < -0.39 is 32.8 Å². The number of non-ortho nitro benzene ring substituents is 1. The number of fused-ring (bicyclic) bond motifs is 1. The molecular formula is C20H17N3O7. The largest absolute Gasteiger partial charge is 0.372 e. The number of ketones is 1. The van der Waals surface area contributed by atoms with Crippen molar-refractivity contribution in [1.29, 1.82) is 0 Å². The van der Waals surface area contributed by atoms with Gasteiger partial charge in [0.15, 0.2) is 5.78 Å². The Morgan fingerprint density at radius 2 is 1.77 bits per heavy atom. The first-order valence-electron chi connectivity index (χ1n) is 9.41. The maximum absolute atomic E-state index is 12.7. The van der Waals surface area contributed by atoms with Gasteiger partial charge in [0.05, 0.1) is 21.6 Å². The summed E-state index contributed by atoms with van der Waals surface area (Å²) < 4.78 is 0. The van der Waals surface area contributed by atoms with Gasteiger partial charge < -0.3 is 4.84 Å². The first-order chi connectivity index (χ1) is 14.3. The molecule has 1 saturated carbocycles. The lowest BCUT2D eigenvalue weighted by Gasteiger charge is -2.45. The highest BCUT2D eigenvalue weighted by Gasteiger charge is 2.48. The first-order valence-corrected chi connectivity index (χ1v) is 9.41. The van der Waals surface area contributed by atoms with Crippen LogP contribution in [-0.2, 0) is 9.63 Å². The van der Waals surface area contributed by atoms with E-state index in [4.69, 9.17) is 4.84 Å². The van der Waals surface area contributed by atoms with Crippen LogP contribution in [0.15, 0.2) is 47.2 Å². The van der Waals surface area contributed by atoms with Crippen LogP contribution in [0.1, 0.15) is 30.1 Å². The van der Waals surface area contributed by atoms with Crippen molar-refractivity contribution in [2.75, 3.05) is 0 Å². The average Bonchev–Trinajstić information content (AvgIpc) is 2.74. The van der Waals surface area contributed by atoms with Crippen LogP contribution in [0.5, 0.6) is 0 Å². The molecule has 1 fully saturated rings. The smallest absolute Gasteiger partial charge is 0.312 e. The molecule has 10 heteroatoms. The summed E-state index contributed by atoms with van der Waals surface area (Å²) >= 11 is 0. The number of oxime groups is 1. The summed E-state index contributed by atoms with van der Waals surface area (Å²) in [5, 5.41) is 26.0. The van der Waals surface area contributed by atoms with Gasteiger partial charge in [-0.3, -0.25) is 25.0 Å². The predicted octanol–water partition coefficient (Wildman–Crippen LogP) is 3.37. The molecule has 0 amide bonds. The van der Waals surface area contributed by atoms with E-state index in [1.165, 1.54) is 0 Å². The molecule has 4 atom stereocenters. The van der Waals surface area contributed by atoms with Gasteiger partial charge in [-0.1, -0.05) is 17.3 Å². The predicted molar refractivity (Wildman–Crippen MR) is 104 cm³/mol. The number of rotatable bonds is 4. The van der Waals surface area contributed by atoms with Crippen molar-refractivity contribution < 1.29 is 24.3 Å². The summed E-state index contributed by atoms with van der Waals surface area (Å²) in [6, 6.07) is 2.66. The van der Waals surface area contributed by atoms with Crippen LogP contribution in [0.4, 0.5) is 11.4 Å². The fourth-order valence-electron chi connectivity index (χ4n) is 4.59. The number of nitro groups is 2. The highest BCUT2D eigenvalue weighted by Crippen LogP contribution is 2.48. The maximum Gasteiger partial charge on any atom is 0.372 e.